The topological polar surface area (TPSA) is 68.7 Å². The monoisotopic (exact) mass is 357 g/mol. The molecule has 3 aromatic rings. The van der Waals surface area contributed by atoms with E-state index in [0.29, 0.717) is 19.0 Å². The molecule has 1 heterocycles. The molecule has 0 fully saturated rings. The van der Waals surface area contributed by atoms with Gasteiger partial charge in [-0.3, -0.25) is 4.79 Å². The Kier molecular flexibility index (Phi) is 5.63. The minimum absolute atomic E-state index is 0.0558. The summed E-state index contributed by atoms with van der Waals surface area (Å²) in [6.45, 7) is 2.72. The van der Waals surface area contributed by atoms with Crippen molar-refractivity contribution in [3.63, 3.8) is 0 Å². The van der Waals surface area contributed by atoms with Crippen LogP contribution in [0.4, 0.5) is 0 Å². The van der Waals surface area contributed by atoms with E-state index in [-0.39, 0.29) is 6.42 Å². The van der Waals surface area contributed by atoms with Gasteiger partial charge in [0.25, 0.3) is 0 Å². The van der Waals surface area contributed by atoms with E-state index in [9.17, 15) is 4.79 Å². The smallest absolute Gasteiger partial charge is 0.306 e. The van der Waals surface area contributed by atoms with Crippen molar-refractivity contribution in [2.24, 2.45) is 0 Å². The van der Waals surface area contributed by atoms with Gasteiger partial charge in [-0.1, -0.05) is 24.3 Å². The second-order valence-electron chi connectivity index (χ2n) is 5.47. The van der Waals surface area contributed by atoms with Crippen molar-refractivity contribution in [3.8, 4) is 5.75 Å². The van der Waals surface area contributed by atoms with Gasteiger partial charge in [-0.05, 0) is 36.8 Å². The summed E-state index contributed by atoms with van der Waals surface area (Å²) < 4.78 is 12.4. The van der Waals surface area contributed by atoms with Crippen LogP contribution in [-0.2, 0) is 16.1 Å². The molecule has 0 amide bonds. The Hall–Kier alpha value is -2.44. The first kappa shape index (κ1) is 17.4. The van der Waals surface area contributed by atoms with Crippen LogP contribution >= 0.6 is 11.3 Å². The van der Waals surface area contributed by atoms with Gasteiger partial charge in [0.05, 0.1) is 22.7 Å². The van der Waals surface area contributed by atoms with Gasteiger partial charge < -0.3 is 14.6 Å². The minimum atomic E-state index is -0.880. The molecule has 0 spiro atoms. The third kappa shape index (κ3) is 4.55. The molecule has 0 saturated heterocycles. The summed E-state index contributed by atoms with van der Waals surface area (Å²) in [6, 6.07) is 15.3. The number of carboxylic acid groups (broad SMARTS) is 1. The number of para-hydroxylation sites is 1. The highest BCUT2D eigenvalue weighted by molar-refractivity contribution is 7.18. The van der Waals surface area contributed by atoms with E-state index >= 15 is 0 Å². The van der Waals surface area contributed by atoms with E-state index < -0.39 is 12.1 Å². The first-order valence-corrected chi connectivity index (χ1v) is 8.88. The summed E-state index contributed by atoms with van der Waals surface area (Å²) in [5.74, 6) is -0.164. The number of rotatable bonds is 8. The van der Waals surface area contributed by atoms with Crippen molar-refractivity contribution < 1.29 is 19.4 Å². The Bertz CT molecular complexity index is 811. The Labute approximate surface area is 149 Å². The maximum atomic E-state index is 10.9. The molecule has 25 heavy (non-hydrogen) atoms. The number of thiazole rings is 1. The number of carboxylic acids is 1. The number of hydrogen-bond donors (Lipinski definition) is 1. The van der Waals surface area contributed by atoms with Crippen molar-refractivity contribution in [2.75, 3.05) is 6.61 Å². The van der Waals surface area contributed by atoms with Crippen LogP contribution in [0.2, 0.25) is 0 Å². The van der Waals surface area contributed by atoms with E-state index in [4.69, 9.17) is 14.6 Å². The number of aromatic nitrogens is 1. The molecule has 0 aliphatic heterocycles. The molecule has 0 aliphatic carbocycles. The van der Waals surface area contributed by atoms with Gasteiger partial charge in [0.15, 0.2) is 0 Å². The van der Waals surface area contributed by atoms with E-state index in [2.05, 4.69) is 4.98 Å². The van der Waals surface area contributed by atoms with Crippen LogP contribution in [0.15, 0.2) is 48.5 Å². The van der Waals surface area contributed by atoms with E-state index in [1.807, 2.05) is 55.5 Å². The molecule has 0 saturated carbocycles. The quantitative estimate of drug-likeness (QED) is 0.646. The summed E-state index contributed by atoms with van der Waals surface area (Å²) in [5.41, 5.74) is 1.81. The van der Waals surface area contributed by atoms with E-state index in [1.165, 1.54) is 0 Å². The predicted molar refractivity (Wildman–Crippen MR) is 97.0 cm³/mol. The zero-order valence-corrected chi connectivity index (χ0v) is 14.7. The first-order chi connectivity index (χ1) is 12.2. The van der Waals surface area contributed by atoms with Crippen LogP contribution in [0.3, 0.4) is 0 Å². The lowest BCUT2D eigenvalue weighted by molar-refractivity contribution is -0.140. The zero-order valence-electron chi connectivity index (χ0n) is 13.8. The summed E-state index contributed by atoms with van der Waals surface area (Å²) >= 11 is 1.62. The van der Waals surface area contributed by atoms with Crippen molar-refractivity contribution in [3.05, 3.63) is 59.1 Å². The number of carbonyl (C=O) groups is 1. The fraction of sp³-hybridized carbons (Fsp3) is 0.263. The molecular formula is C19H19NO4S. The highest BCUT2D eigenvalue weighted by Crippen LogP contribution is 2.26. The number of ether oxygens (including phenoxy) is 2. The number of nitrogens with zero attached hydrogens (tertiary/aromatic N) is 1. The lowest BCUT2D eigenvalue weighted by Crippen LogP contribution is -2.10. The van der Waals surface area contributed by atoms with Crippen molar-refractivity contribution >= 4 is 27.5 Å². The maximum Gasteiger partial charge on any atom is 0.306 e. The average molecular weight is 357 g/mol. The molecule has 0 bridgehead atoms. The lowest BCUT2D eigenvalue weighted by atomic mass is 10.1. The van der Waals surface area contributed by atoms with Crippen LogP contribution in [0.1, 0.15) is 30.0 Å². The number of aliphatic carboxylic acids is 1. The largest absolute Gasteiger partial charge is 0.486 e. The molecule has 130 valence electrons. The highest BCUT2D eigenvalue weighted by atomic mass is 32.1. The maximum absolute atomic E-state index is 10.9. The van der Waals surface area contributed by atoms with Gasteiger partial charge in [-0.25, -0.2) is 4.98 Å². The van der Waals surface area contributed by atoms with Crippen molar-refractivity contribution in [1.82, 2.24) is 4.98 Å². The number of fused-ring (bicyclic) bond motifs is 1. The Morgan fingerprint density at radius 2 is 1.96 bits per heavy atom. The van der Waals surface area contributed by atoms with Crippen LogP contribution < -0.4 is 4.74 Å². The van der Waals surface area contributed by atoms with Crippen LogP contribution in [0.25, 0.3) is 10.2 Å². The first-order valence-electron chi connectivity index (χ1n) is 8.06. The average Bonchev–Trinajstić information content (AvgIpc) is 3.03. The molecule has 3 rings (SSSR count). The molecule has 1 atom stereocenters. The SMILES string of the molecule is CCO[C@@H](CC(=O)O)c1ccc(OCc2nc3ccccc3s2)cc1. The van der Waals surface area contributed by atoms with Gasteiger partial charge in [-0.2, -0.15) is 0 Å². The lowest BCUT2D eigenvalue weighted by Gasteiger charge is -2.15. The van der Waals surface area contributed by atoms with Gasteiger partial charge in [0.1, 0.15) is 17.4 Å². The summed E-state index contributed by atoms with van der Waals surface area (Å²) in [5, 5.41) is 9.91. The second-order valence-corrected chi connectivity index (χ2v) is 6.59. The normalized spacial score (nSPS) is 12.2. The molecule has 0 unspecified atom stereocenters. The molecule has 5 nitrogen and oxygen atoms in total. The fourth-order valence-electron chi connectivity index (χ4n) is 2.54. The third-order valence-corrected chi connectivity index (χ3v) is 4.69. The standard InChI is InChI=1S/C19H19NO4S/c1-2-23-16(11-19(21)22)13-7-9-14(10-8-13)24-12-18-20-15-5-3-4-6-17(15)25-18/h3-10,16H,2,11-12H2,1H3,(H,21,22)/t16-/m0/s1. The molecule has 6 heteroatoms. The molecular weight excluding hydrogens is 338 g/mol. The van der Waals surface area contributed by atoms with Gasteiger partial charge in [-0.15, -0.1) is 11.3 Å². The molecule has 0 radical (unpaired) electrons. The molecule has 1 N–H and O–H groups in total. The highest BCUT2D eigenvalue weighted by Gasteiger charge is 2.15. The molecule has 2 aromatic carbocycles. The van der Waals surface area contributed by atoms with Crippen molar-refractivity contribution in [2.45, 2.75) is 26.1 Å². The van der Waals surface area contributed by atoms with Crippen molar-refractivity contribution in [1.29, 1.82) is 0 Å². The fourth-order valence-corrected chi connectivity index (χ4v) is 3.42. The van der Waals surface area contributed by atoms with Gasteiger partial charge in [0.2, 0.25) is 0 Å². The molecule has 1 aromatic heterocycles. The van der Waals surface area contributed by atoms with Crippen LogP contribution in [-0.4, -0.2) is 22.7 Å². The Morgan fingerprint density at radius 1 is 1.20 bits per heavy atom. The predicted octanol–water partition coefficient (Wildman–Crippen LogP) is 4.43. The molecule has 0 aliphatic rings. The number of hydrogen-bond acceptors (Lipinski definition) is 5. The summed E-state index contributed by atoms with van der Waals surface area (Å²) in [4.78, 5) is 15.5. The van der Waals surface area contributed by atoms with Crippen LogP contribution in [0.5, 0.6) is 5.75 Å². The second kappa shape index (κ2) is 8.09. The summed E-state index contributed by atoms with van der Waals surface area (Å²) in [7, 11) is 0. The minimum Gasteiger partial charge on any atom is -0.486 e. The zero-order chi connectivity index (χ0) is 17.6. The van der Waals surface area contributed by atoms with E-state index in [1.54, 1.807) is 11.3 Å². The van der Waals surface area contributed by atoms with Crippen LogP contribution in [0, 0.1) is 0 Å². The van der Waals surface area contributed by atoms with E-state index in [0.717, 1.165) is 20.8 Å². The van der Waals surface area contributed by atoms with Gasteiger partial charge in [0, 0.05) is 6.61 Å². The Morgan fingerprint density at radius 3 is 2.64 bits per heavy atom. The third-order valence-electron chi connectivity index (χ3n) is 3.68. The Balaban J connectivity index is 1.64. The summed E-state index contributed by atoms with van der Waals surface area (Å²) in [6.07, 6.45) is -0.499. The number of benzene rings is 2. The van der Waals surface area contributed by atoms with Gasteiger partial charge >= 0.3 is 5.97 Å².